The van der Waals surface area contributed by atoms with Gasteiger partial charge in [0.1, 0.15) is 12.4 Å². The SMILES string of the molecule is C[C@@H](N[C@@H]1CCS(=O)(=O)C1)c1cccc(OCc2ccccc2)c1. The summed E-state index contributed by atoms with van der Waals surface area (Å²) in [7, 11) is -2.86. The number of sulfone groups is 1. The molecule has 0 unspecified atom stereocenters. The van der Waals surface area contributed by atoms with Crippen molar-refractivity contribution in [1.29, 1.82) is 0 Å². The molecule has 1 heterocycles. The Bertz CT molecular complexity index is 774. The molecule has 24 heavy (non-hydrogen) atoms. The van der Waals surface area contributed by atoms with E-state index in [0.29, 0.717) is 13.0 Å². The highest BCUT2D eigenvalue weighted by Gasteiger charge is 2.28. The molecule has 0 aromatic heterocycles. The van der Waals surface area contributed by atoms with Crippen LogP contribution in [0.4, 0.5) is 0 Å². The van der Waals surface area contributed by atoms with E-state index in [-0.39, 0.29) is 23.6 Å². The molecule has 3 rings (SSSR count). The van der Waals surface area contributed by atoms with Gasteiger partial charge in [0.05, 0.1) is 11.5 Å². The first-order chi connectivity index (χ1) is 11.5. The molecule has 4 nitrogen and oxygen atoms in total. The van der Waals surface area contributed by atoms with Gasteiger partial charge in [0.25, 0.3) is 0 Å². The van der Waals surface area contributed by atoms with Crippen molar-refractivity contribution in [3.8, 4) is 5.75 Å². The van der Waals surface area contributed by atoms with E-state index >= 15 is 0 Å². The molecule has 2 aromatic rings. The lowest BCUT2D eigenvalue weighted by Gasteiger charge is -2.19. The molecule has 1 aliphatic heterocycles. The molecule has 5 heteroatoms. The Hall–Kier alpha value is -1.85. The number of benzene rings is 2. The topological polar surface area (TPSA) is 55.4 Å². The van der Waals surface area contributed by atoms with Crippen LogP contribution >= 0.6 is 0 Å². The van der Waals surface area contributed by atoms with Gasteiger partial charge < -0.3 is 10.1 Å². The Morgan fingerprint density at radius 2 is 1.96 bits per heavy atom. The molecular weight excluding hydrogens is 322 g/mol. The summed E-state index contributed by atoms with van der Waals surface area (Å²) in [6.07, 6.45) is 0.691. The second kappa shape index (κ2) is 7.36. The zero-order valence-corrected chi connectivity index (χ0v) is 14.6. The van der Waals surface area contributed by atoms with Crippen LogP contribution in [0.2, 0.25) is 0 Å². The van der Waals surface area contributed by atoms with Crippen LogP contribution in [-0.4, -0.2) is 26.0 Å². The van der Waals surface area contributed by atoms with Crippen LogP contribution in [0.1, 0.15) is 30.5 Å². The minimum absolute atomic E-state index is 0.0406. The van der Waals surface area contributed by atoms with Gasteiger partial charge in [-0.3, -0.25) is 0 Å². The summed E-state index contributed by atoms with van der Waals surface area (Å²) in [5.74, 6) is 1.35. The number of rotatable bonds is 6. The van der Waals surface area contributed by atoms with Crippen molar-refractivity contribution >= 4 is 9.84 Å². The van der Waals surface area contributed by atoms with Gasteiger partial charge in [0, 0.05) is 12.1 Å². The maximum atomic E-state index is 11.6. The van der Waals surface area contributed by atoms with Gasteiger partial charge in [-0.2, -0.15) is 0 Å². The van der Waals surface area contributed by atoms with Crippen molar-refractivity contribution in [2.24, 2.45) is 0 Å². The Morgan fingerprint density at radius 3 is 2.67 bits per heavy atom. The maximum Gasteiger partial charge on any atom is 0.151 e. The average Bonchev–Trinajstić information content (AvgIpc) is 2.93. The third-order valence-corrected chi connectivity index (χ3v) is 6.09. The molecular formula is C19H23NO3S. The van der Waals surface area contributed by atoms with Gasteiger partial charge in [0.2, 0.25) is 0 Å². The van der Waals surface area contributed by atoms with Crippen LogP contribution in [0.3, 0.4) is 0 Å². The van der Waals surface area contributed by atoms with E-state index in [1.807, 2.05) is 54.6 Å². The van der Waals surface area contributed by atoms with Crippen LogP contribution in [0.25, 0.3) is 0 Å². The fraction of sp³-hybridized carbons (Fsp3) is 0.368. The molecule has 0 saturated carbocycles. The molecule has 2 atom stereocenters. The quantitative estimate of drug-likeness (QED) is 0.874. The molecule has 0 bridgehead atoms. The molecule has 128 valence electrons. The maximum absolute atomic E-state index is 11.6. The van der Waals surface area contributed by atoms with E-state index < -0.39 is 9.84 Å². The Morgan fingerprint density at radius 1 is 1.17 bits per heavy atom. The molecule has 1 aliphatic rings. The molecule has 2 aromatic carbocycles. The summed E-state index contributed by atoms with van der Waals surface area (Å²) < 4.78 is 29.0. The zero-order chi connectivity index (χ0) is 17.0. The first-order valence-corrected chi connectivity index (χ1v) is 10.1. The van der Waals surface area contributed by atoms with E-state index in [1.54, 1.807) is 0 Å². The molecule has 1 fully saturated rings. The predicted molar refractivity (Wildman–Crippen MR) is 95.8 cm³/mol. The standard InChI is InChI=1S/C19H23NO3S/c1-15(20-18-10-11-24(21,22)14-18)17-8-5-9-19(12-17)23-13-16-6-3-2-4-7-16/h2-9,12,15,18,20H,10-11,13-14H2,1H3/t15-,18-/m1/s1. The highest BCUT2D eigenvalue weighted by atomic mass is 32.2. The van der Waals surface area contributed by atoms with Gasteiger partial charge >= 0.3 is 0 Å². The monoisotopic (exact) mass is 345 g/mol. The highest BCUT2D eigenvalue weighted by molar-refractivity contribution is 7.91. The van der Waals surface area contributed by atoms with Crippen molar-refractivity contribution in [2.45, 2.75) is 32.0 Å². The first kappa shape index (κ1) is 17.0. The van der Waals surface area contributed by atoms with E-state index in [2.05, 4.69) is 12.2 Å². The highest BCUT2D eigenvalue weighted by Crippen LogP contribution is 2.22. The van der Waals surface area contributed by atoms with Crippen LogP contribution in [0, 0.1) is 0 Å². The fourth-order valence-corrected chi connectivity index (χ4v) is 4.68. The first-order valence-electron chi connectivity index (χ1n) is 8.25. The number of hydrogen-bond acceptors (Lipinski definition) is 4. The van der Waals surface area contributed by atoms with Crippen LogP contribution in [-0.2, 0) is 16.4 Å². The molecule has 0 aliphatic carbocycles. The van der Waals surface area contributed by atoms with Crippen LogP contribution < -0.4 is 10.1 Å². The van der Waals surface area contributed by atoms with Crippen molar-refractivity contribution < 1.29 is 13.2 Å². The lowest BCUT2D eigenvalue weighted by Crippen LogP contribution is -2.32. The molecule has 0 radical (unpaired) electrons. The minimum Gasteiger partial charge on any atom is -0.489 e. The smallest absolute Gasteiger partial charge is 0.151 e. The lowest BCUT2D eigenvalue weighted by molar-refractivity contribution is 0.305. The summed E-state index contributed by atoms with van der Waals surface area (Å²) in [4.78, 5) is 0. The van der Waals surface area contributed by atoms with E-state index in [9.17, 15) is 8.42 Å². The summed E-state index contributed by atoms with van der Waals surface area (Å²) >= 11 is 0. The van der Waals surface area contributed by atoms with Crippen LogP contribution in [0.15, 0.2) is 54.6 Å². The predicted octanol–water partition coefficient (Wildman–Crippen LogP) is 3.10. The largest absolute Gasteiger partial charge is 0.489 e. The summed E-state index contributed by atoms with van der Waals surface area (Å²) in [5.41, 5.74) is 2.23. The number of ether oxygens (including phenoxy) is 1. The molecule has 0 amide bonds. The fourth-order valence-electron chi connectivity index (χ4n) is 2.99. The van der Waals surface area contributed by atoms with Gasteiger partial charge in [-0.25, -0.2) is 8.42 Å². The Kier molecular flexibility index (Phi) is 5.21. The molecule has 0 spiro atoms. The Labute approximate surface area is 143 Å². The van der Waals surface area contributed by atoms with Gasteiger partial charge in [-0.05, 0) is 36.6 Å². The third kappa shape index (κ3) is 4.58. The number of nitrogens with one attached hydrogen (secondary N) is 1. The second-order valence-electron chi connectivity index (χ2n) is 6.34. The minimum atomic E-state index is -2.86. The normalized spacial score (nSPS) is 20.6. The summed E-state index contributed by atoms with van der Waals surface area (Å²) in [5, 5.41) is 3.42. The van der Waals surface area contributed by atoms with Gasteiger partial charge in [0.15, 0.2) is 9.84 Å². The zero-order valence-electron chi connectivity index (χ0n) is 13.8. The van der Waals surface area contributed by atoms with Gasteiger partial charge in [-0.15, -0.1) is 0 Å². The van der Waals surface area contributed by atoms with Crippen LogP contribution in [0.5, 0.6) is 5.75 Å². The average molecular weight is 345 g/mol. The van der Waals surface area contributed by atoms with Gasteiger partial charge in [-0.1, -0.05) is 42.5 Å². The molecule has 1 N–H and O–H groups in total. The number of hydrogen-bond donors (Lipinski definition) is 1. The summed E-state index contributed by atoms with van der Waals surface area (Å²) in [6, 6.07) is 18.2. The van der Waals surface area contributed by atoms with E-state index in [1.165, 1.54) is 0 Å². The van der Waals surface area contributed by atoms with E-state index in [4.69, 9.17) is 4.74 Å². The summed E-state index contributed by atoms with van der Waals surface area (Å²) in [6.45, 7) is 2.59. The van der Waals surface area contributed by atoms with Crippen molar-refractivity contribution in [3.63, 3.8) is 0 Å². The van der Waals surface area contributed by atoms with Crippen molar-refractivity contribution in [1.82, 2.24) is 5.32 Å². The van der Waals surface area contributed by atoms with E-state index in [0.717, 1.165) is 16.9 Å². The lowest BCUT2D eigenvalue weighted by atomic mass is 10.1. The Balaban J connectivity index is 1.60. The molecule has 1 saturated heterocycles. The van der Waals surface area contributed by atoms with Crippen molar-refractivity contribution in [3.05, 3.63) is 65.7 Å². The van der Waals surface area contributed by atoms with Crippen molar-refractivity contribution in [2.75, 3.05) is 11.5 Å². The third-order valence-electron chi connectivity index (χ3n) is 4.32. The second-order valence-corrected chi connectivity index (χ2v) is 8.56.